The minimum atomic E-state index is -2.38. The third kappa shape index (κ3) is 5.75. The molecule has 1 aliphatic heterocycles. The Bertz CT molecular complexity index is 1510. The first-order valence-electron chi connectivity index (χ1n) is 20.0. The lowest BCUT2D eigenvalue weighted by molar-refractivity contribution is -0.221. The molecule has 0 radical (unpaired) electrons. The highest BCUT2D eigenvalue weighted by atomic mass is 32.3. The van der Waals surface area contributed by atoms with Gasteiger partial charge < -0.3 is 15.5 Å². The zero-order valence-corrected chi connectivity index (χ0v) is 33.0. The molecule has 0 aromatic rings. The lowest BCUT2D eigenvalue weighted by atomic mass is 9.33. The zero-order valence-electron chi connectivity index (χ0n) is 32.2. The molecule has 11 atom stereocenters. The fraction of sp³-hybridized carbons (Fsp3) is 0.810. The Morgan fingerprint density at radius 1 is 0.902 bits per heavy atom. The summed E-state index contributed by atoms with van der Waals surface area (Å²) < 4.78 is 20.2. The number of nitrogens with one attached hydrogen (secondary N) is 1. The summed E-state index contributed by atoms with van der Waals surface area (Å²) in [6.07, 6.45) is 15.2. The molecule has 7 rings (SSSR count). The van der Waals surface area contributed by atoms with E-state index < -0.39 is 34.4 Å². The summed E-state index contributed by atoms with van der Waals surface area (Å²) in [4.78, 5) is 26.5. The lowest BCUT2D eigenvalue weighted by Gasteiger charge is -2.72. The molecule has 7 aliphatic rings. The van der Waals surface area contributed by atoms with Gasteiger partial charge in [-0.25, -0.2) is 0 Å². The molecule has 6 aliphatic carbocycles. The van der Waals surface area contributed by atoms with E-state index in [1.165, 1.54) is 56.1 Å². The second-order valence-electron chi connectivity index (χ2n) is 19.6. The largest absolute Gasteiger partial charge is 0.481 e. The number of carboxylic acid groups (broad SMARTS) is 2. The minimum Gasteiger partial charge on any atom is -0.481 e. The lowest BCUT2D eigenvalue weighted by Crippen LogP contribution is -2.68. The summed E-state index contributed by atoms with van der Waals surface area (Å²) in [5.41, 5.74) is 4.03. The Hall–Kier alpha value is -1.65. The van der Waals surface area contributed by atoms with E-state index in [0.29, 0.717) is 47.5 Å². The number of rotatable bonds is 8. The molecule has 2 unspecified atom stereocenters. The van der Waals surface area contributed by atoms with Crippen molar-refractivity contribution in [3.8, 4) is 0 Å². The Kier molecular flexibility index (Phi) is 9.39. The molecule has 1 saturated heterocycles. The van der Waals surface area contributed by atoms with Gasteiger partial charge >= 0.3 is 11.9 Å². The summed E-state index contributed by atoms with van der Waals surface area (Å²) in [6, 6.07) is 0. The number of hydrogen-bond acceptors (Lipinski definition) is 6. The van der Waals surface area contributed by atoms with Gasteiger partial charge in [0.25, 0.3) is 0 Å². The van der Waals surface area contributed by atoms with Gasteiger partial charge in [-0.15, -0.1) is 0 Å². The number of aliphatic carboxylic acids is 2. The van der Waals surface area contributed by atoms with E-state index >= 15 is 0 Å². The van der Waals surface area contributed by atoms with Crippen molar-refractivity contribution < 1.29 is 28.9 Å². The molecule has 51 heavy (non-hydrogen) atoms. The van der Waals surface area contributed by atoms with Gasteiger partial charge in [-0.3, -0.25) is 23.6 Å². The predicted molar refractivity (Wildman–Crippen MR) is 205 cm³/mol. The maximum Gasteiger partial charge on any atom is 0.311 e. The first kappa shape index (κ1) is 37.7. The van der Waals surface area contributed by atoms with Crippen LogP contribution < -0.4 is 5.32 Å². The average Bonchev–Trinajstić information content (AvgIpc) is 3.66. The van der Waals surface area contributed by atoms with Gasteiger partial charge in [0, 0.05) is 31.7 Å². The second-order valence-corrected chi connectivity index (χ2v) is 22.0. The van der Waals surface area contributed by atoms with E-state index in [0.717, 1.165) is 44.6 Å². The number of fused-ring (bicyclic) bond motifs is 7. The highest BCUT2D eigenvalue weighted by molar-refractivity contribution is 8.24. The van der Waals surface area contributed by atoms with Gasteiger partial charge in [-0.05, 0) is 134 Å². The summed E-state index contributed by atoms with van der Waals surface area (Å²) in [5, 5.41) is 24.0. The molecule has 1 heterocycles. The normalized spacial score (nSPS) is 46.4. The number of hydrogen-bond donors (Lipinski definition) is 5. The fourth-order valence-electron chi connectivity index (χ4n) is 14.5. The monoisotopic (exact) mass is 726 g/mol. The van der Waals surface area contributed by atoms with Crippen molar-refractivity contribution in [1.82, 2.24) is 10.2 Å². The molecule has 0 aromatic heterocycles. The minimum absolute atomic E-state index is 0.124. The van der Waals surface area contributed by atoms with E-state index in [1.54, 1.807) is 6.08 Å². The van der Waals surface area contributed by atoms with Gasteiger partial charge in [-0.2, -0.15) is 10.6 Å². The van der Waals surface area contributed by atoms with Crippen LogP contribution in [0.2, 0.25) is 0 Å². The Labute approximate surface area is 308 Å². The third-order valence-corrected chi connectivity index (χ3v) is 18.9. The van der Waals surface area contributed by atoms with Crippen LogP contribution in [0.3, 0.4) is 0 Å². The van der Waals surface area contributed by atoms with Crippen molar-refractivity contribution in [3.05, 3.63) is 35.5 Å². The first-order chi connectivity index (χ1) is 23.8. The van der Waals surface area contributed by atoms with Crippen LogP contribution in [0.15, 0.2) is 35.5 Å². The highest BCUT2D eigenvalue weighted by Crippen LogP contribution is 2.76. The zero-order chi connectivity index (χ0) is 36.9. The second kappa shape index (κ2) is 12.7. The molecular formula is C42H66N2O6S. The van der Waals surface area contributed by atoms with E-state index in [9.17, 15) is 28.9 Å². The molecule has 5 N–H and O–H groups in total. The van der Waals surface area contributed by atoms with E-state index in [2.05, 4.69) is 64.4 Å². The van der Waals surface area contributed by atoms with E-state index in [-0.39, 0.29) is 27.2 Å². The van der Waals surface area contributed by atoms with Crippen molar-refractivity contribution >= 4 is 22.5 Å². The van der Waals surface area contributed by atoms with Crippen LogP contribution in [0.4, 0.5) is 0 Å². The van der Waals surface area contributed by atoms with Crippen molar-refractivity contribution in [2.45, 2.75) is 111 Å². The van der Waals surface area contributed by atoms with Crippen molar-refractivity contribution in [3.63, 3.8) is 0 Å². The molecule has 8 nitrogen and oxygen atoms in total. The van der Waals surface area contributed by atoms with Crippen LogP contribution in [0.5, 0.6) is 0 Å². The first-order valence-corrected chi connectivity index (χ1v) is 21.9. The smallest absolute Gasteiger partial charge is 0.311 e. The SMILES string of the molecule is C=C(C)[C@@H]1CC[C@]2(NCCN3CCS(O)(O)CC3)CC[C@]3(C)[C@H](CC[C@@H]4[C@@]5(C)CC=C(C6=CC(C(=O)O)C(C(=O)O)C6)C(C)(C)[C@@H]5CC[C@]43C)[C@@H]12. The number of carbonyl (C=O) groups is 2. The summed E-state index contributed by atoms with van der Waals surface area (Å²) in [7, 11) is -2.38. The molecule has 0 bridgehead atoms. The molecule has 286 valence electrons. The standard InChI is InChI=1S/C42H66N2O6S/c1-26(2)28-10-15-42(43-18-19-44-20-22-51(49,50)23-21-44)17-16-40(6)32(35(28)42)8-9-34-39(5)13-11-31(38(3,4)33(39)12-14-41(34,40)7)27-24-29(36(45)46)30(25-27)37(47)48/h11,24,28-30,32-35,43,49-50H,1,8-10,12-23,25H2,2-7H3,(H,45,46)(H,47,48)/t28-,29?,30?,32+,33-,34+,35+,39-,40+,41+,42-/m0/s1. The molecule has 4 saturated carbocycles. The van der Waals surface area contributed by atoms with E-state index in [4.69, 9.17) is 0 Å². The maximum absolute atomic E-state index is 12.1. The number of allylic oxidation sites excluding steroid dienone is 4. The van der Waals surface area contributed by atoms with Crippen LogP contribution in [-0.2, 0) is 9.59 Å². The van der Waals surface area contributed by atoms with Crippen LogP contribution >= 0.6 is 10.6 Å². The molecule has 5 fully saturated rings. The Morgan fingerprint density at radius 3 is 2.24 bits per heavy atom. The van der Waals surface area contributed by atoms with Gasteiger partial charge in [0.2, 0.25) is 0 Å². The van der Waals surface area contributed by atoms with Crippen LogP contribution in [-0.4, -0.2) is 79.4 Å². The van der Waals surface area contributed by atoms with Crippen LogP contribution in [0.25, 0.3) is 0 Å². The van der Waals surface area contributed by atoms with E-state index in [1.807, 2.05) is 0 Å². The predicted octanol–water partition coefficient (Wildman–Crippen LogP) is 8.32. The van der Waals surface area contributed by atoms with Gasteiger partial charge in [-0.1, -0.05) is 58.9 Å². The van der Waals surface area contributed by atoms with Crippen molar-refractivity contribution in [2.24, 2.45) is 63.1 Å². The molecule has 0 spiro atoms. The van der Waals surface area contributed by atoms with Crippen molar-refractivity contribution in [1.29, 1.82) is 0 Å². The number of carboxylic acids is 2. The third-order valence-electron chi connectivity index (χ3n) is 17.2. The van der Waals surface area contributed by atoms with Crippen LogP contribution in [0.1, 0.15) is 106 Å². The van der Waals surface area contributed by atoms with Crippen LogP contribution in [0, 0.1) is 63.1 Å². The molecule has 0 aromatic carbocycles. The molecule has 9 heteroatoms. The highest BCUT2D eigenvalue weighted by Gasteiger charge is 2.70. The van der Waals surface area contributed by atoms with Gasteiger partial charge in [0.05, 0.1) is 23.3 Å². The quantitative estimate of drug-likeness (QED) is 0.158. The topological polar surface area (TPSA) is 130 Å². The Balaban J connectivity index is 1.14. The molecule has 0 amide bonds. The average molecular weight is 727 g/mol. The maximum atomic E-state index is 12.1. The Morgan fingerprint density at radius 2 is 1.61 bits per heavy atom. The fourth-order valence-corrected chi connectivity index (χ4v) is 15.8. The summed E-state index contributed by atoms with van der Waals surface area (Å²) in [6.45, 7) is 22.9. The summed E-state index contributed by atoms with van der Waals surface area (Å²) in [5.74, 6) is -0.108. The number of nitrogens with zero attached hydrogens (tertiary/aromatic N) is 1. The summed E-state index contributed by atoms with van der Waals surface area (Å²) >= 11 is 0. The molecular weight excluding hydrogens is 661 g/mol. The van der Waals surface area contributed by atoms with Gasteiger partial charge in [0.15, 0.2) is 0 Å². The van der Waals surface area contributed by atoms with Gasteiger partial charge in [0.1, 0.15) is 0 Å². The van der Waals surface area contributed by atoms with Crippen molar-refractivity contribution in [2.75, 3.05) is 37.7 Å².